The van der Waals surface area contributed by atoms with Gasteiger partial charge < -0.3 is 15.4 Å². The van der Waals surface area contributed by atoms with Crippen molar-refractivity contribution in [3.8, 4) is 11.8 Å². The number of piperidine rings is 1. The van der Waals surface area contributed by atoms with E-state index in [0.29, 0.717) is 18.1 Å². The minimum Gasteiger partial charge on any atom is -0.494 e. The number of nitrogens with two attached hydrogens (primary N) is 1. The van der Waals surface area contributed by atoms with E-state index in [2.05, 4.69) is 41.3 Å². The van der Waals surface area contributed by atoms with E-state index in [1.807, 2.05) is 12.1 Å². The van der Waals surface area contributed by atoms with Gasteiger partial charge in [0.2, 0.25) is 0 Å². The van der Waals surface area contributed by atoms with Crippen LogP contribution in [0.1, 0.15) is 56.1 Å². The lowest BCUT2D eigenvalue weighted by Crippen LogP contribution is -2.51. The van der Waals surface area contributed by atoms with Crippen LogP contribution in [0.3, 0.4) is 0 Å². The first-order valence-corrected chi connectivity index (χ1v) is 12.4. The lowest BCUT2D eigenvalue weighted by molar-refractivity contribution is 0.0886. The molecule has 32 heavy (non-hydrogen) atoms. The van der Waals surface area contributed by atoms with Crippen LogP contribution in [-0.4, -0.2) is 37.7 Å². The third-order valence-electron chi connectivity index (χ3n) is 7.92. The zero-order valence-electron chi connectivity index (χ0n) is 19.2. The van der Waals surface area contributed by atoms with Crippen LogP contribution in [0.2, 0.25) is 0 Å². The molecule has 4 heteroatoms. The first-order valence-electron chi connectivity index (χ1n) is 12.4. The van der Waals surface area contributed by atoms with Crippen molar-refractivity contribution in [3.05, 3.63) is 65.7 Å². The normalized spacial score (nSPS) is 20.0. The predicted octanol–water partition coefficient (Wildman–Crippen LogP) is 5.13. The zero-order chi connectivity index (χ0) is 22.2. The second kappa shape index (κ2) is 11.0. The molecule has 1 aliphatic heterocycles. The maximum atomic E-state index is 8.89. The number of rotatable bonds is 9. The number of hydrogen-bond acceptors (Lipinski definition) is 4. The summed E-state index contributed by atoms with van der Waals surface area (Å²) in [5, 5.41) is 8.89. The molecule has 2 aliphatic rings. The number of ether oxygens (including phenoxy) is 1. The molecule has 2 aromatic rings. The second-order valence-electron chi connectivity index (χ2n) is 9.55. The van der Waals surface area contributed by atoms with Gasteiger partial charge in [0.15, 0.2) is 0 Å². The van der Waals surface area contributed by atoms with Gasteiger partial charge in [0.25, 0.3) is 0 Å². The lowest BCUT2D eigenvalue weighted by atomic mass is 9.59. The van der Waals surface area contributed by atoms with Crippen molar-refractivity contribution in [1.82, 2.24) is 4.90 Å². The molecule has 1 heterocycles. The Kier molecular flexibility index (Phi) is 7.84. The van der Waals surface area contributed by atoms with Gasteiger partial charge in [-0.25, -0.2) is 0 Å². The highest BCUT2D eigenvalue weighted by Gasteiger charge is 2.47. The number of benzene rings is 2. The molecule has 1 aliphatic carbocycles. The number of hydrogen-bond donors (Lipinski definition) is 1. The molecule has 0 bridgehead atoms. The first kappa shape index (κ1) is 22.8. The van der Waals surface area contributed by atoms with Gasteiger partial charge in [-0.3, -0.25) is 0 Å². The summed E-state index contributed by atoms with van der Waals surface area (Å²) in [4.78, 5) is 2.60. The summed E-state index contributed by atoms with van der Waals surface area (Å²) < 4.78 is 5.86. The van der Waals surface area contributed by atoms with Crippen molar-refractivity contribution < 1.29 is 4.74 Å². The SMILES string of the molecule is N#Cc1ccc(OCCCN2CCC(C(CN)(c3ccccc3)C3CCCC3)CC2)cc1. The minimum absolute atomic E-state index is 0.141. The van der Waals surface area contributed by atoms with Crippen LogP contribution < -0.4 is 10.5 Å². The highest BCUT2D eigenvalue weighted by Crippen LogP contribution is 2.49. The Labute approximate surface area is 193 Å². The van der Waals surface area contributed by atoms with Gasteiger partial charge in [0.05, 0.1) is 18.2 Å². The molecule has 2 fully saturated rings. The number of likely N-dealkylation sites (tertiary alicyclic amines) is 1. The smallest absolute Gasteiger partial charge is 0.119 e. The molecule has 1 unspecified atom stereocenters. The van der Waals surface area contributed by atoms with Gasteiger partial charge in [-0.2, -0.15) is 5.26 Å². The lowest BCUT2D eigenvalue weighted by Gasteiger charge is -2.48. The Hall–Kier alpha value is -2.35. The first-order chi connectivity index (χ1) is 15.8. The predicted molar refractivity (Wildman–Crippen MR) is 130 cm³/mol. The Morgan fingerprint density at radius 1 is 0.938 bits per heavy atom. The molecule has 170 valence electrons. The Morgan fingerprint density at radius 3 is 2.22 bits per heavy atom. The van der Waals surface area contributed by atoms with Gasteiger partial charge in [-0.15, -0.1) is 0 Å². The summed E-state index contributed by atoms with van der Waals surface area (Å²) in [5.74, 6) is 2.24. The third-order valence-corrected chi connectivity index (χ3v) is 7.92. The Morgan fingerprint density at radius 2 is 1.59 bits per heavy atom. The summed E-state index contributed by atoms with van der Waals surface area (Å²) in [6, 6.07) is 20.7. The summed E-state index contributed by atoms with van der Waals surface area (Å²) in [6.07, 6.45) is 8.87. The monoisotopic (exact) mass is 431 g/mol. The molecule has 0 radical (unpaired) electrons. The van der Waals surface area contributed by atoms with Crippen LogP contribution in [0, 0.1) is 23.2 Å². The Bertz CT molecular complexity index is 862. The third kappa shape index (κ3) is 5.00. The van der Waals surface area contributed by atoms with E-state index in [9.17, 15) is 0 Å². The fourth-order valence-corrected chi connectivity index (χ4v) is 6.22. The van der Waals surface area contributed by atoms with E-state index in [1.165, 1.54) is 44.1 Å². The standard InChI is InChI=1S/C28H37N3O/c29-21-23-11-13-27(14-12-23)32-20-6-17-31-18-15-26(16-19-31)28(22-30,25-9-4-5-10-25)24-7-2-1-3-8-24/h1-3,7-8,11-14,25-26H,4-6,9-10,15-20,22,30H2. The maximum Gasteiger partial charge on any atom is 0.119 e. The molecule has 4 nitrogen and oxygen atoms in total. The highest BCUT2D eigenvalue weighted by atomic mass is 16.5. The van der Waals surface area contributed by atoms with E-state index >= 15 is 0 Å². The van der Waals surface area contributed by atoms with Crippen molar-refractivity contribution in [2.24, 2.45) is 17.6 Å². The topological polar surface area (TPSA) is 62.3 Å². The summed E-state index contributed by atoms with van der Waals surface area (Å²) >= 11 is 0. The van der Waals surface area contributed by atoms with Crippen LogP contribution in [0.5, 0.6) is 5.75 Å². The summed E-state index contributed by atoms with van der Waals surface area (Å²) in [5.41, 5.74) is 8.89. The highest BCUT2D eigenvalue weighted by molar-refractivity contribution is 5.34. The van der Waals surface area contributed by atoms with Crippen molar-refractivity contribution in [3.63, 3.8) is 0 Å². The van der Waals surface area contributed by atoms with Gasteiger partial charge in [-0.1, -0.05) is 43.2 Å². The average Bonchev–Trinajstić information content (AvgIpc) is 3.40. The molecule has 4 rings (SSSR count). The molecule has 2 N–H and O–H groups in total. The fourth-order valence-electron chi connectivity index (χ4n) is 6.22. The van der Waals surface area contributed by atoms with Crippen LogP contribution >= 0.6 is 0 Å². The molecule has 0 spiro atoms. The van der Waals surface area contributed by atoms with Crippen molar-refractivity contribution >= 4 is 0 Å². The van der Waals surface area contributed by atoms with Crippen molar-refractivity contribution in [1.29, 1.82) is 5.26 Å². The average molecular weight is 432 g/mol. The van der Waals surface area contributed by atoms with E-state index in [4.69, 9.17) is 15.7 Å². The van der Waals surface area contributed by atoms with Crippen molar-refractivity contribution in [2.75, 3.05) is 32.8 Å². The zero-order valence-corrected chi connectivity index (χ0v) is 19.2. The van der Waals surface area contributed by atoms with E-state index < -0.39 is 0 Å². The fraction of sp³-hybridized carbons (Fsp3) is 0.536. The van der Waals surface area contributed by atoms with Gasteiger partial charge in [0.1, 0.15) is 5.75 Å². The molecular formula is C28H37N3O. The largest absolute Gasteiger partial charge is 0.494 e. The minimum atomic E-state index is 0.141. The van der Waals surface area contributed by atoms with Gasteiger partial charge in [-0.05, 0) is 86.9 Å². The van der Waals surface area contributed by atoms with Crippen molar-refractivity contribution in [2.45, 2.75) is 50.4 Å². The van der Waals surface area contributed by atoms with Gasteiger partial charge in [0, 0.05) is 18.5 Å². The number of nitriles is 1. The van der Waals surface area contributed by atoms with Crippen LogP contribution in [0.4, 0.5) is 0 Å². The van der Waals surface area contributed by atoms with E-state index in [1.54, 1.807) is 12.1 Å². The van der Waals surface area contributed by atoms with Crippen LogP contribution in [-0.2, 0) is 5.41 Å². The van der Waals surface area contributed by atoms with Crippen LogP contribution in [0.25, 0.3) is 0 Å². The number of nitrogens with zero attached hydrogens (tertiary/aromatic N) is 2. The molecule has 0 amide bonds. The molecule has 1 atom stereocenters. The summed E-state index contributed by atoms with van der Waals surface area (Å²) in [7, 11) is 0. The molecular weight excluding hydrogens is 394 g/mol. The molecule has 2 aromatic carbocycles. The maximum absolute atomic E-state index is 8.89. The van der Waals surface area contributed by atoms with Crippen LogP contribution in [0.15, 0.2) is 54.6 Å². The molecule has 1 saturated heterocycles. The second-order valence-corrected chi connectivity index (χ2v) is 9.55. The van der Waals surface area contributed by atoms with E-state index in [-0.39, 0.29) is 5.41 Å². The molecule has 0 aromatic heterocycles. The van der Waals surface area contributed by atoms with E-state index in [0.717, 1.165) is 44.3 Å². The Balaban J connectivity index is 1.30. The quantitative estimate of drug-likeness (QED) is 0.559. The summed E-state index contributed by atoms with van der Waals surface area (Å²) in [6.45, 7) is 4.87. The van der Waals surface area contributed by atoms with Gasteiger partial charge >= 0.3 is 0 Å². The molecule has 1 saturated carbocycles.